The SMILES string of the molecule is CC[C@H]1O[C@@H](n2cnc3c(NC(=O)c4ccccc4)ncnc32)CC1O[P@@]1O[C@H](C[Si](C)(c2ccccc2)c2ccccc2)[C@@H]2CCCN21. The van der Waals surface area contributed by atoms with Crippen LogP contribution in [0.4, 0.5) is 5.82 Å². The predicted molar refractivity (Wildman–Crippen MR) is 194 cm³/mol. The molecule has 5 heterocycles. The maximum Gasteiger partial charge on any atom is 0.259 e. The maximum absolute atomic E-state index is 12.9. The third kappa shape index (κ3) is 6.24. The summed E-state index contributed by atoms with van der Waals surface area (Å²) in [5.41, 5.74) is 1.67. The van der Waals surface area contributed by atoms with E-state index in [-0.39, 0.29) is 30.4 Å². The molecule has 1 N–H and O–H groups in total. The molecule has 0 radical (unpaired) electrons. The topological polar surface area (TPSA) is 104 Å². The zero-order chi connectivity index (χ0) is 33.4. The number of nitrogens with zero attached hydrogens (tertiary/aromatic N) is 5. The molecule has 0 aliphatic carbocycles. The van der Waals surface area contributed by atoms with Gasteiger partial charge in [0.05, 0.1) is 24.6 Å². The van der Waals surface area contributed by atoms with Crippen molar-refractivity contribution in [3.05, 3.63) is 109 Å². The van der Waals surface area contributed by atoms with Crippen molar-refractivity contribution in [1.82, 2.24) is 24.2 Å². The number of benzene rings is 3. The number of imidazole rings is 1. The molecule has 0 bridgehead atoms. The Labute approximate surface area is 288 Å². The molecule has 252 valence electrons. The molecular weight excluding hydrogens is 652 g/mol. The van der Waals surface area contributed by atoms with Gasteiger partial charge in [-0.3, -0.25) is 9.36 Å². The number of nitrogens with one attached hydrogen (secondary N) is 1. The Morgan fingerprint density at radius 3 is 2.35 bits per heavy atom. The zero-order valence-corrected chi connectivity index (χ0v) is 29.7. The molecule has 1 amide bonds. The number of carbonyl (C=O) groups is 1. The Bertz CT molecular complexity index is 1860. The minimum absolute atomic E-state index is 0.0963. The van der Waals surface area contributed by atoms with E-state index in [2.05, 4.69) is 99.1 Å². The Morgan fingerprint density at radius 1 is 0.959 bits per heavy atom. The van der Waals surface area contributed by atoms with Crippen LogP contribution in [0.15, 0.2) is 104 Å². The number of anilines is 1. The van der Waals surface area contributed by atoms with Crippen LogP contribution in [-0.2, 0) is 13.8 Å². The lowest BCUT2D eigenvalue weighted by Crippen LogP contribution is -2.58. The fourth-order valence-electron chi connectivity index (χ4n) is 7.66. The highest BCUT2D eigenvalue weighted by molar-refractivity contribution is 7.45. The quantitative estimate of drug-likeness (QED) is 0.138. The van der Waals surface area contributed by atoms with Crippen molar-refractivity contribution in [3.63, 3.8) is 0 Å². The first-order chi connectivity index (χ1) is 24.0. The smallest absolute Gasteiger partial charge is 0.259 e. The van der Waals surface area contributed by atoms with Gasteiger partial charge in [-0.15, -0.1) is 0 Å². The summed E-state index contributed by atoms with van der Waals surface area (Å²) in [7, 11) is -3.33. The largest absolute Gasteiger partial charge is 0.352 e. The number of ether oxygens (including phenoxy) is 1. The summed E-state index contributed by atoms with van der Waals surface area (Å²) in [6, 6.07) is 32.5. The monoisotopic (exact) mass is 692 g/mol. The van der Waals surface area contributed by atoms with Crippen LogP contribution in [0.5, 0.6) is 0 Å². The Kier molecular flexibility index (Phi) is 9.13. The highest BCUT2D eigenvalue weighted by atomic mass is 31.2. The number of fused-ring (bicyclic) bond motifs is 2. The second-order valence-electron chi connectivity index (χ2n) is 13.3. The molecule has 3 aliphatic heterocycles. The van der Waals surface area contributed by atoms with Crippen LogP contribution in [0.25, 0.3) is 11.2 Å². The van der Waals surface area contributed by atoms with Crippen molar-refractivity contribution >= 4 is 49.9 Å². The van der Waals surface area contributed by atoms with Crippen LogP contribution in [0, 0.1) is 0 Å². The van der Waals surface area contributed by atoms with E-state index in [1.54, 1.807) is 18.5 Å². The van der Waals surface area contributed by atoms with Gasteiger partial charge in [-0.2, -0.15) is 0 Å². The van der Waals surface area contributed by atoms with E-state index in [1.807, 2.05) is 22.8 Å². The zero-order valence-electron chi connectivity index (χ0n) is 27.8. The van der Waals surface area contributed by atoms with Crippen molar-refractivity contribution in [3.8, 4) is 0 Å². The summed E-state index contributed by atoms with van der Waals surface area (Å²) in [6.45, 7) is 5.62. The summed E-state index contributed by atoms with van der Waals surface area (Å²) < 4.78 is 25.0. The summed E-state index contributed by atoms with van der Waals surface area (Å²) in [4.78, 5) is 26.3. The minimum Gasteiger partial charge on any atom is -0.352 e. The van der Waals surface area contributed by atoms with E-state index in [0.717, 1.165) is 31.9 Å². The summed E-state index contributed by atoms with van der Waals surface area (Å²) in [5, 5.41) is 5.76. The first-order valence-corrected chi connectivity index (χ1v) is 21.1. The highest BCUT2D eigenvalue weighted by Crippen LogP contribution is 2.59. The lowest BCUT2D eigenvalue weighted by molar-refractivity contribution is -0.0152. The Hall–Kier alpha value is -3.83. The van der Waals surface area contributed by atoms with Gasteiger partial charge in [-0.25, -0.2) is 19.6 Å². The van der Waals surface area contributed by atoms with Crippen LogP contribution in [0.1, 0.15) is 49.2 Å². The fourth-order valence-corrected chi connectivity index (χ4v) is 13.6. The molecule has 6 atom stereocenters. The van der Waals surface area contributed by atoms with E-state index in [4.69, 9.17) is 13.8 Å². The minimum atomic E-state index is -2.10. The van der Waals surface area contributed by atoms with Crippen LogP contribution in [-0.4, -0.2) is 69.1 Å². The van der Waals surface area contributed by atoms with Gasteiger partial charge in [0, 0.05) is 24.6 Å². The highest BCUT2D eigenvalue weighted by Gasteiger charge is 2.51. The lowest BCUT2D eigenvalue weighted by Gasteiger charge is -2.32. The third-order valence-corrected chi connectivity index (χ3v) is 16.6. The summed E-state index contributed by atoms with van der Waals surface area (Å²) >= 11 is 0. The molecule has 3 aromatic carbocycles. The molecule has 2 aromatic heterocycles. The number of carbonyl (C=O) groups excluding carboxylic acids is 1. The molecule has 0 saturated carbocycles. The first-order valence-electron chi connectivity index (χ1n) is 17.2. The average molecular weight is 693 g/mol. The molecule has 3 aliphatic rings. The number of hydrogen-bond donors (Lipinski definition) is 1. The standard InChI is InChI=1S/C37H41N6O4PSi/c1-3-30-31(22-33(45-30)42-25-40-34-35(38-24-39-36(34)42)41-37(44)26-14-7-4-8-15-26)46-48-43-21-13-20-29(43)32(47-48)23-49(2,27-16-9-5-10-17-27)28-18-11-6-12-19-28/h4-12,14-19,24-25,29-33H,3,13,20-23H2,1-2H3,(H,38,39,41,44)/t29-,30+,31?,32+,33+,48-/m0/s1. The van der Waals surface area contributed by atoms with E-state index < -0.39 is 16.6 Å². The third-order valence-electron chi connectivity index (χ3n) is 10.3. The van der Waals surface area contributed by atoms with E-state index in [0.29, 0.717) is 35.0 Å². The molecule has 3 fully saturated rings. The van der Waals surface area contributed by atoms with Crippen molar-refractivity contribution in [2.45, 2.75) is 75.8 Å². The van der Waals surface area contributed by atoms with Crippen LogP contribution in [0.2, 0.25) is 12.6 Å². The molecular formula is C37H41N6O4PSi. The molecule has 3 saturated heterocycles. The van der Waals surface area contributed by atoms with Crippen molar-refractivity contribution in [2.24, 2.45) is 0 Å². The summed E-state index contributed by atoms with van der Waals surface area (Å²) in [6.07, 6.45) is 6.48. The molecule has 10 nitrogen and oxygen atoms in total. The van der Waals surface area contributed by atoms with Gasteiger partial charge in [0.1, 0.15) is 20.6 Å². The fraction of sp³-hybridized carbons (Fsp3) is 0.351. The van der Waals surface area contributed by atoms with Gasteiger partial charge in [-0.1, -0.05) is 103 Å². The van der Waals surface area contributed by atoms with Crippen LogP contribution >= 0.6 is 8.53 Å². The van der Waals surface area contributed by atoms with Gasteiger partial charge in [0.15, 0.2) is 17.0 Å². The van der Waals surface area contributed by atoms with Crippen LogP contribution < -0.4 is 15.7 Å². The normalized spacial score (nSPS) is 25.5. The second-order valence-corrected chi connectivity index (χ2v) is 18.9. The van der Waals surface area contributed by atoms with Gasteiger partial charge in [0.25, 0.3) is 14.4 Å². The molecule has 5 aromatic rings. The van der Waals surface area contributed by atoms with Gasteiger partial charge < -0.3 is 19.1 Å². The van der Waals surface area contributed by atoms with Crippen molar-refractivity contribution < 1.29 is 18.6 Å². The maximum atomic E-state index is 12.9. The molecule has 8 rings (SSSR count). The Morgan fingerprint density at radius 2 is 1.65 bits per heavy atom. The summed E-state index contributed by atoms with van der Waals surface area (Å²) in [5.74, 6) is 0.116. The molecule has 0 spiro atoms. The first kappa shape index (κ1) is 32.4. The average Bonchev–Trinajstić information content (AvgIpc) is 3.95. The van der Waals surface area contributed by atoms with Gasteiger partial charge in [0.2, 0.25) is 0 Å². The molecule has 1 unspecified atom stereocenters. The molecule has 12 heteroatoms. The predicted octanol–water partition coefficient (Wildman–Crippen LogP) is 6.14. The van der Waals surface area contributed by atoms with E-state index >= 15 is 0 Å². The van der Waals surface area contributed by atoms with Crippen molar-refractivity contribution in [2.75, 3.05) is 11.9 Å². The van der Waals surface area contributed by atoms with E-state index in [1.165, 1.54) is 16.7 Å². The number of aromatic nitrogens is 4. The molecule has 49 heavy (non-hydrogen) atoms. The lowest BCUT2D eigenvalue weighted by atomic mass is 10.1. The van der Waals surface area contributed by atoms with Gasteiger partial charge >= 0.3 is 0 Å². The second kappa shape index (κ2) is 13.8. The number of hydrogen-bond acceptors (Lipinski definition) is 8. The van der Waals surface area contributed by atoms with Crippen molar-refractivity contribution in [1.29, 1.82) is 0 Å². The van der Waals surface area contributed by atoms with Crippen LogP contribution in [0.3, 0.4) is 0 Å². The number of rotatable bonds is 10. The van der Waals surface area contributed by atoms with E-state index in [9.17, 15) is 4.79 Å². The number of amides is 1. The van der Waals surface area contributed by atoms with Gasteiger partial charge in [-0.05, 0) is 37.4 Å². The Balaban J connectivity index is 0.997.